The SMILES string of the molecule is C[C@@H](O)C[C@@H](CCO)[Si](C)(C)c1ccccc1. The van der Waals surface area contributed by atoms with Gasteiger partial charge in [-0.05, 0) is 25.3 Å². The molecule has 2 N–H and O–H groups in total. The lowest BCUT2D eigenvalue weighted by molar-refractivity contribution is 0.174. The summed E-state index contributed by atoms with van der Waals surface area (Å²) in [5.41, 5.74) is 0.426. The van der Waals surface area contributed by atoms with Gasteiger partial charge in [0.15, 0.2) is 0 Å². The molecule has 96 valence electrons. The van der Waals surface area contributed by atoms with Crippen molar-refractivity contribution >= 4 is 13.3 Å². The van der Waals surface area contributed by atoms with Crippen LogP contribution in [-0.2, 0) is 0 Å². The minimum atomic E-state index is -1.61. The molecule has 0 saturated heterocycles. The van der Waals surface area contributed by atoms with Gasteiger partial charge >= 0.3 is 0 Å². The number of rotatable bonds is 6. The predicted molar refractivity (Wildman–Crippen MR) is 75.3 cm³/mol. The van der Waals surface area contributed by atoms with Crippen molar-refractivity contribution in [3.63, 3.8) is 0 Å². The van der Waals surface area contributed by atoms with E-state index in [1.54, 1.807) is 0 Å². The Labute approximate surface area is 105 Å². The second-order valence-electron chi connectivity index (χ2n) is 5.38. The molecule has 0 aliphatic heterocycles. The van der Waals surface area contributed by atoms with Crippen LogP contribution in [0.2, 0.25) is 18.6 Å². The van der Waals surface area contributed by atoms with E-state index in [2.05, 4.69) is 37.4 Å². The van der Waals surface area contributed by atoms with Gasteiger partial charge in [0.05, 0.1) is 14.2 Å². The Hall–Kier alpha value is -0.643. The molecule has 0 saturated carbocycles. The van der Waals surface area contributed by atoms with E-state index in [0.717, 1.165) is 12.8 Å². The van der Waals surface area contributed by atoms with Crippen LogP contribution in [0, 0.1) is 0 Å². The van der Waals surface area contributed by atoms with E-state index < -0.39 is 8.07 Å². The quantitative estimate of drug-likeness (QED) is 0.762. The molecule has 17 heavy (non-hydrogen) atoms. The summed E-state index contributed by atoms with van der Waals surface area (Å²) in [5, 5.41) is 20.2. The number of hydrogen-bond acceptors (Lipinski definition) is 2. The third kappa shape index (κ3) is 3.94. The summed E-state index contributed by atoms with van der Waals surface area (Å²) >= 11 is 0. The Kier molecular flexibility index (Phi) is 5.37. The number of aliphatic hydroxyl groups is 2. The molecule has 0 radical (unpaired) electrons. The molecule has 0 fully saturated rings. The molecular formula is C14H24O2Si. The van der Waals surface area contributed by atoms with Crippen LogP contribution in [0.15, 0.2) is 30.3 Å². The molecular weight excluding hydrogens is 228 g/mol. The minimum absolute atomic E-state index is 0.209. The van der Waals surface area contributed by atoms with Gasteiger partial charge < -0.3 is 10.2 Å². The van der Waals surface area contributed by atoms with Crippen molar-refractivity contribution in [3.8, 4) is 0 Å². The van der Waals surface area contributed by atoms with E-state index in [-0.39, 0.29) is 12.7 Å². The van der Waals surface area contributed by atoms with Crippen LogP contribution in [0.5, 0.6) is 0 Å². The van der Waals surface area contributed by atoms with Crippen molar-refractivity contribution < 1.29 is 10.2 Å². The van der Waals surface area contributed by atoms with E-state index in [9.17, 15) is 10.2 Å². The van der Waals surface area contributed by atoms with E-state index >= 15 is 0 Å². The lowest BCUT2D eigenvalue weighted by atomic mass is 10.2. The zero-order chi connectivity index (χ0) is 12.9. The van der Waals surface area contributed by atoms with Crippen LogP contribution in [0.3, 0.4) is 0 Å². The summed E-state index contributed by atoms with van der Waals surface area (Å²) in [6.07, 6.45) is 1.29. The van der Waals surface area contributed by atoms with Gasteiger partial charge in [0.2, 0.25) is 0 Å². The van der Waals surface area contributed by atoms with Gasteiger partial charge in [0.25, 0.3) is 0 Å². The molecule has 2 nitrogen and oxygen atoms in total. The van der Waals surface area contributed by atoms with E-state index in [4.69, 9.17) is 0 Å². The fourth-order valence-corrected chi connectivity index (χ4v) is 5.75. The van der Waals surface area contributed by atoms with Crippen molar-refractivity contribution in [2.24, 2.45) is 0 Å². The van der Waals surface area contributed by atoms with Crippen molar-refractivity contribution in [1.29, 1.82) is 0 Å². The maximum absolute atomic E-state index is 9.60. The van der Waals surface area contributed by atoms with Crippen molar-refractivity contribution in [3.05, 3.63) is 30.3 Å². The van der Waals surface area contributed by atoms with Gasteiger partial charge in [-0.15, -0.1) is 0 Å². The summed E-state index contributed by atoms with van der Waals surface area (Å²) < 4.78 is 0. The highest BCUT2D eigenvalue weighted by Gasteiger charge is 2.33. The Morgan fingerprint density at radius 1 is 1.18 bits per heavy atom. The standard InChI is InChI=1S/C14H24O2Si/c1-12(16)11-14(9-10-15)17(2,3)13-7-5-4-6-8-13/h4-8,12,14-16H,9-11H2,1-3H3/t12-,14-/m1/s1. The topological polar surface area (TPSA) is 40.5 Å². The smallest absolute Gasteiger partial charge is 0.0838 e. The van der Waals surface area contributed by atoms with Crippen LogP contribution in [0.1, 0.15) is 19.8 Å². The molecule has 0 amide bonds. The van der Waals surface area contributed by atoms with E-state index in [1.807, 2.05) is 13.0 Å². The molecule has 0 heterocycles. The maximum atomic E-state index is 9.60. The highest BCUT2D eigenvalue weighted by atomic mass is 28.3. The Bertz CT molecular complexity index is 322. The van der Waals surface area contributed by atoms with Crippen LogP contribution < -0.4 is 5.19 Å². The Morgan fingerprint density at radius 2 is 1.76 bits per heavy atom. The minimum Gasteiger partial charge on any atom is -0.396 e. The summed E-state index contributed by atoms with van der Waals surface area (Å²) in [4.78, 5) is 0. The highest BCUT2D eigenvalue weighted by molar-refractivity contribution is 6.91. The van der Waals surface area contributed by atoms with Crippen LogP contribution in [0.4, 0.5) is 0 Å². The molecule has 0 bridgehead atoms. The largest absolute Gasteiger partial charge is 0.396 e. The average molecular weight is 252 g/mol. The van der Waals surface area contributed by atoms with Crippen LogP contribution in [-0.4, -0.2) is 31.0 Å². The molecule has 1 rings (SSSR count). The predicted octanol–water partition coefficient (Wildman–Crippen LogP) is 2.13. The molecule has 0 aromatic heterocycles. The molecule has 0 aliphatic carbocycles. The molecule has 3 heteroatoms. The van der Waals surface area contributed by atoms with Gasteiger partial charge in [0, 0.05) is 6.61 Å². The van der Waals surface area contributed by atoms with Gasteiger partial charge in [-0.25, -0.2) is 0 Å². The third-order valence-electron chi connectivity index (χ3n) is 3.64. The highest BCUT2D eigenvalue weighted by Crippen LogP contribution is 2.30. The number of aliphatic hydroxyl groups excluding tert-OH is 2. The summed E-state index contributed by atoms with van der Waals surface area (Å²) in [5.74, 6) is 0. The zero-order valence-electron chi connectivity index (χ0n) is 11.1. The van der Waals surface area contributed by atoms with Crippen molar-refractivity contribution in [2.75, 3.05) is 6.61 Å². The van der Waals surface area contributed by atoms with Gasteiger partial charge in [-0.3, -0.25) is 0 Å². The first-order valence-corrected chi connectivity index (χ1v) is 9.40. The average Bonchev–Trinajstić information content (AvgIpc) is 2.29. The second kappa shape index (κ2) is 6.33. The first-order valence-electron chi connectivity index (χ1n) is 6.33. The monoisotopic (exact) mass is 252 g/mol. The lowest BCUT2D eigenvalue weighted by Crippen LogP contribution is -2.47. The molecule has 0 aliphatic rings. The number of hydrogen-bond donors (Lipinski definition) is 2. The summed E-state index contributed by atoms with van der Waals surface area (Å²) in [7, 11) is -1.61. The summed E-state index contributed by atoms with van der Waals surface area (Å²) in [6, 6.07) is 10.5. The normalized spacial score (nSPS) is 15.6. The van der Waals surface area contributed by atoms with Crippen molar-refractivity contribution in [1.82, 2.24) is 0 Å². The molecule has 1 aromatic carbocycles. The van der Waals surface area contributed by atoms with Gasteiger partial charge in [-0.2, -0.15) is 0 Å². The van der Waals surface area contributed by atoms with Crippen LogP contribution in [0.25, 0.3) is 0 Å². The van der Waals surface area contributed by atoms with Gasteiger partial charge in [0.1, 0.15) is 0 Å². The fraction of sp³-hybridized carbons (Fsp3) is 0.571. The maximum Gasteiger partial charge on any atom is 0.0838 e. The van der Waals surface area contributed by atoms with E-state index in [0.29, 0.717) is 5.54 Å². The van der Waals surface area contributed by atoms with E-state index in [1.165, 1.54) is 5.19 Å². The number of benzene rings is 1. The molecule has 2 atom stereocenters. The molecule has 0 spiro atoms. The second-order valence-corrected chi connectivity index (χ2v) is 10.2. The molecule has 0 unspecified atom stereocenters. The summed E-state index contributed by atoms with van der Waals surface area (Å²) in [6.45, 7) is 6.69. The first kappa shape index (κ1) is 14.4. The lowest BCUT2D eigenvalue weighted by Gasteiger charge is -2.33. The third-order valence-corrected chi connectivity index (χ3v) is 8.03. The zero-order valence-corrected chi connectivity index (χ0v) is 12.1. The van der Waals surface area contributed by atoms with Crippen molar-refractivity contribution in [2.45, 2.75) is 44.5 Å². The Balaban J connectivity index is 2.91. The Morgan fingerprint density at radius 3 is 2.24 bits per heavy atom. The van der Waals surface area contributed by atoms with Crippen LogP contribution >= 0.6 is 0 Å². The fourth-order valence-electron chi connectivity index (χ4n) is 2.44. The van der Waals surface area contributed by atoms with Gasteiger partial charge in [-0.1, -0.05) is 48.6 Å². The molecule has 1 aromatic rings. The first-order chi connectivity index (χ1) is 7.98.